The van der Waals surface area contributed by atoms with Crippen LogP contribution in [0.15, 0.2) is 77.3 Å². The molecule has 0 atom stereocenters. The van der Waals surface area contributed by atoms with Crippen molar-refractivity contribution >= 4 is 44.9 Å². The number of carbonyl (C=O) groups excluding carboxylic acids is 1. The predicted molar refractivity (Wildman–Crippen MR) is 122 cm³/mol. The van der Waals surface area contributed by atoms with E-state index in [1.165, 1.54) is 0 Å². The molecule has 29 heavy (non-hydrogen) atoms. The van der Waals surface area contributed by atoms with Gasteiger partial charge in [0.25, 0.3) is 5.91 Å². The lowest BCUT2D eigenvalue weighted by molar-refractivity contribution is -0.121. The van der Waals surface area contributed by atoms with E-state index in [0.717, 1.165) is 21.5 Å². The molecule has 0 spiro atoms. The summed E-state index contributed by atoms with van der Waals surface area (Å²) in [6, 6.07) is 22.4. The van der Waals surface area contributed by atoms with E-state index in [0.29, 0.717) is 11.5 Å². The van der Waals surface area contributed by atoms with Gasteiger partial charge in [0.15, 0.2) is 11.7 Å². The van der Waals surface area contributed by atoms with Gasteiger partial charge in [-0.15, -0.1) is 0 Å². The normalized spacial score (nSPS) is 10.1. The number of aryl methyl sites for hydroxylation is 1. The standard InChI is InChI=1S/C22H19BrN2O3S/c1-15-7-12-20(19(23)13-15)27-14-21(26)25-22(29)24-16-8-10-18(11-9-16)28-17-5-3-2-4-6-17/h2-13H,14H2,1H3,(H2,24,25,26,29). The van der Waals surface area contributed by atoms with Crippen LogP contribution in [0, 0.1) is 6.92 Å². The highest BCUT2D eigenvalue weighted by Crippen LogP contribution is 2.25. The number of amides is 1. The molecule has 0 saturated heterocycles. The van der Waals surface area contributed by atoms with E-state index in [1.54, 1.807) is 0 Å². The van der Waals surface area contributed by atoms with E-state index in [1.807, 2.05) is 79.7 Å². The summed E-state index contributed by atoms with van der Waals surface area (Å²) in [4.78, 5) is 12.1. The lowest BCUT2D eigenvalue weighted by Crippen LogP contribution is -2.37. The van der Waals surface area contributed by atoms with Crippen molar-refractivity contribution in [2.75, 3.05) is 11.9 Å². The Bertz CT molecular complexity index is 995. The summed E-state index contributed by atoms with van der Waals surface area (Å²) in [6.07, 6.45) is 0. The van der Waals surface area contributed by atoms with Gasteiger partial charge >= 0.3 is 0 Å². The molecule has 0 radical (unpaired) electrons. The second kappa shape index (κ2) is 10.0. The number of halogens is 1. The van der Waals surface area contributed by atoms with Gasteiger partial charge in [-0.2, -0.15) is 0 Å². The van der Waals surface area contributed by atoms with Crippen molar-refractivity contribution in [3.63, 3.8) is 0 Å². The fraction of sp³-hybridized carbons (Fsp3) is 0.0909. The molecule has 0 unspecified atom stereocenters. The van der Waals surface area contributed by atoms with Crippen LogP contribution in [0.5, 0.6) is 17.2 Å². The van der Waals surface area contributed by atoms with E-state index >= 15 is 0 Å². The zero-order chi connectivity index (χ0) is 20.6. The summed E-state index contributed by atoms with van der Waals surface area (Å²) in [5, 5.41) is 5.75. The van der Waals surface area contributed by atoms with Crippen LogP contribution in [-0.2, 0) is 4.79 Å². The van der Waals surface area contributed by atoms with E-state index in [-0.39, 0.29) is 17.6 Å². The molecule has 5 nitrogen and oxygen atoms in total. The summed E-state index contributed by atoms with van der Waals surface area (Å²) in [5.41, 5.74) is 1.83. The highest BCUT2D eigenvalue weighted by Gasteiger charge is 2.08. The Kier molecular flexibility index (Phi) is 7.21. The van der Waals surface area contributed by atoms with Crippen molar-refractivity contribution in [2.24, 2.45) is 0 Å². The second-order valence-electron chi connectivity index (χ2n) is 6.16. The van der Waals surface area contributed by atoms with Gasteiger partial charge < -0.3 is 14.8 Å². The highest BCUT2D eigenvalue weighted by molar-refractivity contribution is 9.10. The minimum atomic E-state index is -0.348. The molecule has 0 aliphatic heterocycles. The number of benzene rings is 3. The van der Waals surface area contributed by atoms with Crippen molar-refractivity contribution < 1.29 is 14.3 Å². The fourth-order valence-corrected chi connectivity index (χ4v) is 3.26. The summed E-state index contributed by atoms with van der Waals surface area (Å²) in [7, 11) is 0. The summed E-state index contributed by atoms with van der Waals surface area (Å²) < 4.78 is 12.1. The van der Waals surface area contributed by atoms with Crippen molar-refractivity contribution in [3.8, 4) is 17.2 Å². The predicted octanol–water partition coefficient (Wildman–Crippen LogP) is 5.44. The van der Waals surface area contributed by atoms with Gasteiger partial charge in [-0.05, 0) is 89.2 Å². The third-order valence-electron chi connectivity index (χ3n) is 3.79. The van der Waals surface area contributed by atoms with Crippen molar-refractivity contribution in [1.29, 1.82) is 0 Å². The topological polar surface area (TPSA) is 59.6 Å². The second-order valence-corrected chi connectivity index (χ2v) is 7.43. The van der Waals surface area contributed by atoms with Crippen LogP contribution in [0.1, 0.15) is 5.56 Å². The maximum absolute atomic E-state index is 12.1. The van der Waals surface area contributed by atoms with Crippen LogP contribution < -0.4 is 20.1 Å². The average molecular weight is 471 g/mol. The van der Waals surface area contributed by atoms with Crippen molar-refractivity contribution in [1.82, 2.24) is 5.32 Å². The van der Waals surface area contributed by atoms with Gasteiger partial charge in [0.2, 0.25) is 0 Å². The molecule has 148 valence electrons. The van der Waals surface area contributed by atoms with Gasteiger partial charge in [0.1, 0.15) is 17.2 Å². The Morgan fingerprint density at radius 1 is 1.00 bits per heavy atom. The smallest absolute Gasteiger partial charge is 0.264 e. The van der Waals surface area contributed by atoms with Gasteiger partial charge in [-0.1, -0.05) is 24.3 Å². The zero-order valence-electron chi connectivity index (χ0n) is 15.6. The van der Waals surface area contributed by atoms with E-state index in [9.17, 15) is 4.79 Å². The Labute approximate surface area is 183 Å². The maximum atomic E-state index is 12.1. The van der Waals surface area contributed by atoms with Gasteiger partial charge in [-0.3, -0.25) is 10.1 Å². The van der Waals surface area contributed by atoms with Crippen LogP contribution in [-0.4, -0.2) is 17.6 Å². The summed E-state index contributed by atoms with van der Waals surface area (Å²) in [6.45, 7) is 1.83. The average Bonchev–Trinajstić information content (AvgIpc) is 2.69. The first kappa shape index (κ1) is 20.8. The minimum Gasteiger partial charge on any atom is -0.483 e. The first-order chi connectivity index (χ1) is 14.0. The van der Waals surface area contributed by atoms with E-state index in [2.05, 4.69) is 26.6 Å². The number of para-hydroxylation sites is 1. The highest BCUT2D eigenvalue weighted by atomic mass is 79.9. The van der Waals surface area contributed by atoms with Crippen molar-refractivity contribution in [3.05, 3.63) is 82.8 Å². The molecule has 0 aliphatic rings. The number of hydrogen-bond acceptors (Lipinski definition) is 4. The Balaban J connectivity index is 1.46. The van der Waals surface area contributed by atoms with Crippen molar-refractivity contribution in [2.45, 2.75) is 6.92 Å². The molecule has 0 aromatic heterocycles. The van der Waals surface area contributed by atoms with Crippen LogP contribution in [0.4, 0.5) is 5.69 Å². The minimum absolute atomic E-state index is 0.146. The van der Waals surface area contributed by atoms with Gasteiger partial charge in [-0.25, -0.2) is 0 Å². The third-order valence-corrected chi connectivity index (χ3v) is 4.61. The number of thiocarbonyl (C=S) groups is 1. The van der Waals surface area contributed by atoms with Crippen LogP contribution in [0.3, 0.4) is 0 Å². The zero-order valence-corrected chi connectivity index (χ0v) is 18.0. The molecule has 7 heteroatoms. The molecule has 3 aromatic carbocycles. The largest absolute Gasteiger partial charge is 0.483 e. The Morgan fingerprint density at radius 3 is 2.38 bits per heavy atom. The Hall–Kier alpha value is -2.90. The first-order valence-electron chi connectivity index (χ1n) is 8.82. The number of carbonyl (C=O) groups is 1. The van der Waals surface area contributed by atoms with E-state index in [4.69, 9.17) is 21.7 Å². The maximum Gasteiger partial charge on any atom is 0.264 e. The third kappa shape index (κ3) is 6.58. The number of rotatable bonds is 6. The summed E-state index contributed by atoms with van der Waals surface area (Å²) in [5.74, 6) is 1.71. The molecule has 0 fully saturated rings. The lowest BCUT2D eigenvalue weighted by Gasteiger charge is -2.12. The SMILES string of the molecule is Cc1ccc(OCC(=O)NC(=S)Nc2ccc(Oc3ccccc3)cc2)c(Br)c1. The quantitative estimate of drug-likeness (QED) is 0.469. The monoisotopic (exact) mass is 470 g/mol. The number of nitrogens with one attached hydrogen (secondary N) is 2. The van der Waals surface area contributed by atoms with Gasteiger partial charge in [0.05, 0.1) is 4.47 Å². The van der Waals surface area contributed by atoms with E-state index < -0.39 is 0 Å². The van der Waals surface area contributed by atoms with Crippen LogP contribution in [0.25, 0.3) is 0 Å². The summed E-state index contributed by atoms with van der Waals surface area (Å²) >= 11 is 8.60. The molecule has 2 N–H and O–H groups in total. The Morgan fingerprint density at radius 2 is 1.69 bits per heavy atom. The molecular formula is C22H19BrN2O3S. The molecule has 0 aliphatic carbocycles. The molecular weight excluding hydrogens is 452 g/mol. The first-order valence-corrected chi connectivity index (χ1v) is 10.0. The van der Waals surface area contributed by atoms with Gasteiger partial charge in [0, 0.05) is 5.69 Å². The lowest BCUT2D eigenvalue weighted by atomic mass is 10.2. The molecule has 0 bridgehead atoms. The molecule has 3 aromatic rings. The number of anilines is 1. The number of hydrogen-bond donors (Lipinski definition) is 2. The molecule has 0 heterocycles. The molecule has 0 saturated carbocycles. The fourth-order valence-electron chi connectivity index (χ4n) is 2.42. The van der Waals surface area contributed by atoms with Crippen LogP contribution >= 0.6 is 28.1 Å². The molecule has 3 rings (SSSR count). The molecule has 1 amide bonds. The number of ether oxygens (including phenoxy) is 2. The van der Waals surface area contributed by atoms with Crippen LogP contribution in [0.2, 0.25) is 0 Å².